The van der Waals surface area contributed by atoms with E-state index in [1.165, 1.54) is 23.1 Å². The first kappa shape index (κ1) is 17.4. The molecule has 24 heavy (non-hydrogen) atoms. The van der Waals surface area contributed by atoms with Crippen molar-refractivity contribution < 1.29 is 24.2 Å². The Balaban J connectivity index is 2.28. The number of carbonyl (C=O) groups excluding carboxylic acids is 2. The molecule has 0 spiro atoms. The number of ether oxygens (including phenoxy) is 1. The monoisotopic (exact) mass is 346 g/mol. The Hall–Kier alpha value is -3.00. The Bertz CT molecular complexity index is 757. The third-order valence-electron chi connectivity index (χ3n) is 3.03. The van der Waals surface area contributed by atoms with Gasteiger partial charge in [0.1, 0.15) is 11.3 Å². The van der Waals surface area contributed by atoms with Gasteiger partial charge < -0.3 is 9.84 Å². The van der Waals surface area contributed by atoms with E-state index in [0.717, 1.165) is 0 Å². The first-order chi connectivity index (χ1) is 11.4. The van der Waals surface area contributed by atoms with Crippen LogP contribution in [-0.2, 0) is 14.4 Å². The second-order valence-electron chi connectivity index (χ2n) is 4.78. The quantitative estimate of drug-likeness (QED) is 0.345. The van der Waals surface area contributed by atoms with E-state index >= 15 is 0 Å². The molecule has 7 nitrogen and oxygen atoms in total. The molecule has 0 aromatic heterocycles. The summed E-state index contributed by atoms with van der Waals surface area (Å²) in [6.45, 7) is 3.24. The molecule has 1 aromatic rings. The van der Waals surface area contributed by atoms with Gasteiger partial charge >= 0.3 is 5.97 Å². The number of carboxylic acids is 1. The summed E-state index contributed by atoms with van der Waals surface area (Å²) < 4.78 is 5.07. The molecule has 1 saturated heterocycles. The van der Waals surface area contributed by atoms with Gasteiger partial charge in [-0.25, -0.2) is 4.79 Å². The summed E-state index contributed by atoms with van der Waals surface area (Å²) in [5, 5.41) is 11.1. The van der Waals surface area contributed by atoms with Crippen LogP contribution in [0, 0.1) is 0 Å². The first-order valence-corrected chi connectivity index (χ1v) is 7.27. The molecule has 1 aromatic carbocycles. The van der Waals surface area contributed by atoms with Crippen molar-refractivity contribution in [3.8, 4) is 5.75 Å². The fraction of sp³-hybridized carbons (Fsp3) is 0.125. The average molecular weight is 346 g/mol. The van der Waals surface area contributed by atoms with Crippen LogP contribution in [0.15, 0.2) is 42.5 Å². The van der Waals surface area contributed by atoms with E-state index in [1.54, 1.807) is 18.2 Å². The van der Waals surface area contributed by atoms with Crippen molar-refractivity contribution in [3.63, 3.8) is 0 Å². The predicted octanol–water partition coefficient (Wildman–Crippen LogP) is 0.963. The largest absolute Gasteiger partial charge is 0.482 e. The highest BCUT2D eigenvalue weighted by atomic mass is 32.1. The summed E-state index contributed by atoms with van der Waals surface area (Å²) in [6.07, 6.45) is 2.89. The standard InChI is InChI=1S/C16H14N2O5S/c1-2-6-18-15(22)12(14(21)17-16(18)24)8-10-4-3-5-11(7-10)23-9-13(19)20/h2-5,7-8H,1,6,9H2,(H,19,20)(H,17,21,24). The minimum absolute atomic E-state index is 0.0283. The van der Waals surface area contributed by atoms with Crippen LogP contribution in [0.2, 0.25) is 0 Å². The molecule has 0 bridgehead atoms. The Morgan fingerprint density at radius 3 is 2.83 bits per heavy atom. The lowest BCUT2D eigenvalue weighted by Gasteiger charge is -2.27. The zero-order valence-corrected chi connectivity index (χ0v) is 13.3. The lowest BCUT2D eigenvalue weighted by molar-refractivity contribution is -0.139. The average Bonchev–Trinajstić information content (AvgIpc) is 2.54. The Morgan fingerprint density at radius 2 is 2.17 bits per heavy atom. The number of rotatable bonds is 6. The molecule has 0 aliphatic carbocycles. The normalized spacial score (nSPS) is 16.1. The maximum absolute atomic E-state index is 12.4. The van der Waals surface area contributed by atoms with Crippen LogP contribution in [0.1, 0.15) is 5.56 Å². The van der Waals surface area contributed by atoms with Gasteiger partial charge in [-0.05, 0) is 36.0 Å². The van der Waals surface area contributed by atoms with Gasteiger partial charge in [-0.15, -0.1) is 6.58 Å². The van der Waals surface area contributed by atoms with E-state index in [4.69, 9.17) is 22.1 Å². The molecule has 0 atom stereocenters. The maximum atomic E-state index is 12.4. The SMILES string of the molecule is C=CCN1C(=O)C(=Cc2cccc(OCC(=O)O)c2)C(=O)NC1=S. The highest BCUT2D eigenvalue weighted by molar-refractivity contribution is 7.80. The third-order valence-corrected chi connectivity index (χ3v) is 3.35. The van der Waals surface area contributed by atoms with Gasteiger partial charge in [0, 0.05) is 6.54 Å². The van der Waals surface area contributed by atoms with Gasteiger partial charge in [0.25, 0.3) is 11.8 Å². The van der Waals surface area contributed by atoms with Crippen molar-refractivity contribution in [1.82, 2.24) is 10.2 Å². The van der Waals surface area contributed by atoms with Crippen molar-refractivity contribution in [3.05, 3.63) is 48.1 Å². The predicted molar refractivity (Wildman–Crippen MR) is 90.2 cm³/mol. The number of nitrogens with one attached hydrogen (secondary N) is 1. The van der Waals surface area contributed by atoms with Crippen molar-refractivity contribution >= 4 is 41.2 Å². The van der Waals surface area contributed by atoms with Gasteiger partial charge in [0.2, 0.25) is 0 Å². The summed E-state index contributed by atoms with van der Waals surface area (Å²) >= 11 is 4.97. The Morgan fingerprint density at radius 1 is 1.42 bits per heavy atom. The minimum Gasteiger partial charge on any atom is -0.482 e. The Kier molecular flexibility index (Phi) is 5.43. The summed E-state index contributed by atoms with van der Waals surface area (Å²) in [5.41, 5.74) is 0.434. The van der Waals surface area contributed by atoms with Crippen molar-refractivity contribution in [2.45, 2.75) is 0 Å². The van der Waals surface area contributed by atoms with E-state index in [2.05, 4.69) is 11.9 Å². The highest BCUT2D eigenvalue weighted by Crippen LogP contribution is 2.18. The lowest BCUT2D eigenvalue weighted by Crippen LogP contribution is -2.53. The fourth-order valence-corrected chi connectivity index (χ4v) is 2.24. The molecule has 2 rings (SSSR count). The first-order valence-electron chi connectivity index (χ1n) is 6.87. The molecule has 0 unspecified atom stereocenters. The van der Waals surface area contributed by atoms with E-state index in [0.29, 0.717) is 11.3 Å². The molecule has 0 saturated carbocycles. The second-order valence-corrected chi connectivity index (χ2v) is 5.16. The van der Waals surface area contributed by atoms with Crippen LogP contribution >= 0.6 is 12.2 Å². The van der Waals surface area contributed by atoms with E-state index in [9.17, 15) is 14.4 Å². The summed E-state index contributed by atoms with van der Waals surface area (Å²) in [7, 11) is 0. The van der Waals surface area contributed by atoms with Crippen LogP contribution < -0.4 is 10.1 Å². The van der Waals surface area contributed by atoms with Crippen LogP contribution in [-0.4, -0.2) is 46.1 Å². The van der Waals surface area contributed by atoms with Crippen molar-refractivity contribution in [1.29, 1.82) is 0 Å². The van der Waals surface area contributed by atoms with Crippen LogP contribution in [0.3, 0.4) is 0 Å². The molecule has 2 N–H and O–H groups in total. The minimum atomic E-state index is -1.10. The maximum Gasteiger partial charge on any atom is 0.341 e. The zero-order valence-electron chi connectivity index (χ0n) is 12.5. The molecule has 1 aliphatic rings. The van der Waals surface area contributed by atoms with E-state index in [-0.39, 0.29) is 17.2 Å². The summed E-state index contributed by atoms with van der Waals surface area (Å²) in [4.78, 5) is 36.2. The number of nitrogens with zero attached hydrogens (tertiary/aromatic N) is 1. The number of aliphatic carboxylic acids is 1. The van der Waals surface area contributed by atoms with Crippen molar-refractivity contribution in [2.75, 3.05) is 13.2 Å². The number of carbonyl (C=O) groups is 3. The second kappa shape index (κ2) is 7.51. The van der Waals surface area contributed by atoms with Gasteiger partial charge in [-0.1, -0.05) is 18.2 Å². The lowest BCUT2D eigenvalue weighted by atomic mass is 10.1. The number of carboxylic acid groups (broad SMARTS) is 1. The van der Waals surface area contributed by atoms with Gasteiger partial charge in [-0.3, -0.25) is 19.8 Å². The number of amides is 2. The number of benzene rings is 1. The fourth-order valence-electron chi connectivity index (χ4n) is 1.99. The van der Waals surface area contributed by atoms with Crippen LogP contribution in [0.5, 0.6) is 5.75 Å². The van der Waals surface area contributed by atoms with Crippen LogP contribution in [0.25, 0.3) is 6.08 Å². The summed E-state index contributed by atoms with van der Waals surface area (Å²) in [6, 6.07) is 6.39. The number of hydrogen-bond acceptors (Lipinski definition) is 5. The molecule has 0 radical (unpaired) electrons. The van der Waals surface area contributed by atoms with Gasteiger partial charge in [0.15, 0.2) is 11.7 Å². The highest BCUT2D eigenvalue weighted by Gasteiger charge is 2.32. The smallest absolute Gasteiger partial charge is 0.341 e. The topological polar surface area (TPSA) is 95.9 Å². The van der Waals surface area contributed by atoms with Gasteiger partial charge in [0.05, 0.1) is 0 Å². The van der Waals surface area contributed by atoms with E-state index in [1.807, 2.05) is 0 Å². The molecule has 1 aliphatic heterocycles. The molecule has 1 fully saturated rings. The number of thiocarbonyl (C=S) groups is 1. The summed E-state index contributed by atoms with van der Waals surface area (Å²) in [5.74, 6) is -1.91. The van der Waals surface area contributed by atoms with Crippen LogP contribution in [0.4, 0.5) is 0 Å². The molecular weight excluding hydrogens is 332 g/mol. The number of hydrogen-bond donors (Lipinski definition) is 2. The molecule has 8 heteroatoms. The molecule has 1 heterocycles. The molecule has 2 amide bonds. The third kappa shape index (κ3) is 4.05. The molecule has 124 valence electrons. The van der Waals surface area contributed by atoms with E-state index < -0.39 is 24.4 Å². The molecular formula is C16H14N2O5S. The zero-order chi connectivity index (χ0) is 17.7. The van der Waals surface area contributed by atoms with Crippen molar-refractivity contribution in [2.24, 2.45) is 0 Å². The van der Waals surface area contributed by atoms with Gasteiger partial charge in [-0.2, -0.15) is 0 Å². The Labute approximate surface area is 143 Å².